The fourth-order valence-electron chi connectivity index (χ4n) is 3.05. The Balaban J connectivity index is 1.74. The van der Waals surface area contributed by atoms with E-state index in [0.717, 1.165) is 18.5 Å². The largest absolute Gasteiger partial charge is 0.353 e. The normalized spacial score (nSPS) is 16.2. The van der Waals surface area contributed by atoms with E-state index in [-0.39, 0.29) is 5.54 Å². The first kappa shape index (κ1) is 15.3. The van der Waals surface area contributed by atoms with Gasteiger partial charge in [-0.3, -0.25) is 4.98 Å². The maximum atomic E-state index is 5.91. The number of anilines is 1. The molecule has 2 aromatic rings. The number of nitrogens with one attached hydrogen (secondary N) is 2. The van der Waals surface area contributed by atoms with Crippen molar-refractivity contribution in [3.05, 3.63) is 59.4 Å². The van der Waals surface area contributed by atoms with Crippen LogP contribution < -0.4 is 10.6 Å². The zero-order valence-electron chi connectivity index (χ0n) is 12.2. The van der Waals surface area contributed by atoms with Crippen molar-refractivity contribution in [2.24, 2.45) is 0 Å². The lowest BCUT2D eigenvalue weighted by atomic mass is 9.89. The minimum atomic E-state index is -0.0839. The molecule has 0 bridgehead atoms. The highest BCUT2D eigenvalue weighted by Gasteiger charge is 2.36. The predicted molar refractivity (Wildman–Crippen MR) is 95.2 cm³/mol. The fraction of sp³-hybridized carbons (Fsp3) is 0.294. The van der Waals surface area contributed by atoms with E-state index < -0.39 is 0 Å². The van der Waals surface area contributed by atoms with E-state index in [0.29, 0.717) is 10.1 Å². The molecule has 1 aliphatic rings. The Morgan fingerprint density at radius 3 is 2.32 bits per heavy atom. The average molecular weight is 332 g/mol. The molecule has 1 heterocycles. The standard InChI is InChI=1S/C17H18ClN3S/c18-14-3-5-15(6-4-14)20-16(22)21-17(9-1-2-10-17)13-7-11-19-12-8-13/h3-8,11-12H,1-2,9-10H2,(H2,20,21,22). The van der Waals surface area contributed by atoms with Gasteiger partial charge in [0, 0.05) is 23.1 Å². The van der Waals surface area contributed by atoms with E-state index in [1.54, 1.807) is 0 Å². The average Bonchev–Trinajstić information content (AvgIpc) is 3.00. The summed E-state index contributed by atoms with van der Waals surface area (Å²) in [7, 11) is 0. The quantitative estimate of drug-likeness (QED) is 0.812. The second kappa shape index (κ2) is 6.63. The molecule has 1 fully saturated rings. The summed E-state index contributed by atoms with van der Waals surface area (Å²) in [6, 6.07) is 11.7. The Bertz CT molecular complexity index is 637. The molecule has 22 heavy (non-hydrogen) atoms. The van der Waals surface area contributed by atoms with Crippen LogP contribution in [0.1, 0.15) is 31.2 Å². The predicted octanol–water partition coefficient (Wildman–Crippen LogP) is 4.49. The minimum Gasteiger partial charge on any atom is -0.353 e. The van der Waals surface area contributed by atoms with Gasteiger partial charge in [0.2, 0.25) is 0 Å². The molecule has 0 unspecified atom stereocenters. The fourth-order valence-corrected chi connectivity index (χ4v) is 3.49. The molecule has 1 aliphatic carbocycles. The lowest BCUT2D eigenvalue weighted by molar-refractivity contribution is 0.408. The highest BCUT2D eigenvalue weighted by molar-refractivity contribution is 7.80. The molecule has 0 saturated heterocycles. The van der Waals surface area contributed by atoms with E-state index in [1.165, 1.54) is 18.4 Å². The van der Waals surface area contributed by atoms with Crippen molar-refractivity contribution in [1.82, 2.24) is 10.3 Å². The van der Waals surface area contributed by atoms with E-state index in [1.807, 2.05) is 36.7 Å². The highest BCUT2D eigenvalue weighted by atomic mass is 35.5. The van der Waals surface area contributed by atoms with Crippen molar-refractivity contribution in [2.45, 2.75) is 31.2 Å². The first-order chi connectivity index (χ1) is 10.7. The lowest BCUT2D eigenvalue weighted by Crippen LogP contribution is -2.45. The minimum absolute atomic E-state index is 0.0839. The number of pyridine rings is 1. The van der Waals surface area contributed by atoms with Crippen molar-refractivity contribution in [3.63, 3.8) is 0 Å². The van der Waals surface area contributed by atoms with E-state index in [9.17, 15) is 0 Å². The van der Waals surface area contributed by atoms with Gasteiger partial charge in [0.25, 0.3) is 0 Å². The van der Waals surface area contributed by atoms with Crippen molar-refractivity contribution in [2.75, 3.05) is 5.32 Å². The number of thiocarbonyl (C=S) groups is 1. The van der Waals surface area contributed by atoms with Crippen LogP contribution in [0.3, 0.4) is 0 Å². The van der Waals surface area contributed by atoms with Crippen molar-refractivity contribution >= 4 is 34.6 Å². The van der Waals surface area contributed by atoms with Gasteiger partial charge in [-0.1, -0.05) is 24.4 Å². The molecule has 0 amide bonds. The molecule has 0 spiro atoms. The summed E-state index contributed by atoms with van der Waals surface area (Å²) in [5.74, 6) is 0. The van der Waals surface area contributed by atoms with Crippen LogP contribution in [-0.4, -0.2) is 10.1 Å². The Morgan fingerprint density at radius 2 is 1.68 bits per heavy atom. The number of aromatic nitrogens is 1. The first-order valence-electron chi connectivity index (χ1n) is 7.43. The van der Waals surface area contributed by atoms with E-state index in [4.69, 9.17) is 23.8 Å². The second-order valence-electron chi connectivity index (χ2n) is 5.61. The monoisotopic (exact) mass is 331 g/mol. The Morgan fingerprint density at radius 1 is 1.05 bits per heavy atom. The van der Waals surface area contributed by atoms with Gasteiger partial charge in [0.15, 0.2) is 5.11 Å². The van der Waals surface area contributed by atoms with Crippen LogP contribution in [0.2, 0.25) is 5.02 Å². The van der Waals surface area contributed by atoms with Gasteiger partial charge in [-0.25, -0.2) is 0 Å². The topological polar surface area (TPSA) is 37.0 Å². The SMILES string of the molecule is S=C(Nc1ccc(Cl)cc1)NC1(c2ccncc2)CCCC1. The van der Waals surface area contributed by atoms with Crippen LogP contribution in [-0.2, 0) is 5.54 Å². The Hall–Kier alpha value is -1.65. The number of nitrogens with zero attached hydrogens (tertiary/aromatic N) is 1. The summed E-state index contributed by atoms with van der Waals surface area (Å²) >= 11 is 11.4. The maximum absolute atomic E-state index is 5.91. The first-order valence-corrected chi connectivity index (χ1v) is 8.22. The lowest BCUT2D eigenvalue weighted by Gasteiger charge is -2.32. The Labute approximate surface area is 141 Å². The summed E-state index contributed by atoms with van der Waals surface area (Å²) in [6.07, 6.45) is 8.26. The van der Waals surface area contributed by atoms with Gasteiger partial charge in [0.05, 0.1) is 5.54 Å². The number of rotatable bonds is 3. The molecule has 1 aromatic heterocycles. The van der Waals surface area contributed by atoms with Gasteiger partial charge in [-0.05, 0) is 67.0 Å². The van der Waals surface area contributed by atoms with E-state index in [2.05, 4.69) is 27.8 Å². The number of hydrogen-bond acceptors (Lipinski definition) is 2. The van der Waals surface area contributed by atoms with Gasteiger partial charge < -0.3 is 10.6 Å². The third kappa shape index (κ3) is 3.39. The van der Waals surface area contributed by atoms with Crippen molar-refractivity contribution < 1.29 is 0 Å². The third-order valence-electron chi connectivity index (χ3n) is 4.14. The third-order valence-corrected chi connectivity index (χ3v) is 4.60. The number of benzene rings is 1. The van der Waals surface area contributed by atoms with Crippen LogP contribution in [0.15, 0.2) is 48.8 Å². The Kier molecular flexibility index (Phi) is 4.60. The molecule has 114 valence electrons. The summed E-state index contributed by atoms with van der Waals surface area (Å²) in [5.41, 5.74) is 2.10. The summed E-state index contributed by atoms with van der Waals surface area (Å²) in [5, 5.41) is 8.12. The van der Waals surface area contributed by atoms with Gasteiger partial charge in [0.1, 0.15) is 0 Å². The van der Waals surface area contributed by atoms with Gasteiger partial charge in [-0.15, -0.1) is 0 Å². The maximum Gasteiger partial charge on any atom is 0.171 e. The molecule has 0 atom stereocenters. The molecular formula is C17H18ClN3S. The van der Waals surface area contributed by atoms with Crippen molar-refractivity contribution in [3.8, 4) is 0 Å². The summed E-state index contributed by atoms with van der Waals surface area (Å²) < 4.78 is 0. The zero-order chi connectivity index (χ0) is 15.4. The van der Waals surface area contributed by atoms with Gasteiger partial charge >= 0.3 is 0 Å². The van der Waals surface area contributed by atoms with Crippen LogP contribution in [0.5, 0.6) is 0 Å². The molecule has 1 aromatic carbocycles. The van der Waals surface area contributed by atoms with E-state index >= 15 is 0 Å². The summed E-state index contributed by atoms with van der Waals surface area (Å²) in [4.78, 5) is 4.11. The number of hydrogen-bond donors (Lipinski definition) is 2. The summed E-state index contributed by atoms with van der Waals surface area (Å²) in [6.45, 7) is 0. The van der Waals surface area contributed by atoms with Crippen LogP contribution in [0.4, 0.5) is 5.69 Å². The molecule has 3 rings (SSSR count). The molecule has 0 aliphatic heterocycles. The smallest absolute Gasteiger partial charge is 0.171 e. The van der Waals surface area contributed by atoms with Crippen molar-refractivity contribution in [1.29, 1.82) is 0 Å². The molecule has 0 radical (unpaired) electrons. The molecule has 3 nitrogen and oxygen atoms in total. The van der Waals surface area contributed by atoms with Crippen LogP contribution in [0.25, 0.3) is 0 Å². The number of halogens is 1. The van der Waals surface area contributed by atoms with Crippen LogP contribution in [0, 0.1) is 0 Å². The van der Waals surface area contributed by atoms with Crippen LogP contribution >= 0.6 is 23.8 Å². The molecule has 5 heteroatoms. The molecule has 2 N–H and O–H groups in total. The van der Waals surface area contributed by atoms with Gasteiger partial charge in [-0.2, -0.15) is 0 Å². The molecule has 1 saturated carbocycles. The zero-order valence-corrected chi connectivity index (χ0v) is 13.8. The second-order valence-corrected chi connectivity index (χ2v) is 6.46. The molecular weight excluding hydrogens is 314 g/mol. The highest BCUT2D eigenvalue weighted by Crippen LogP contribution is 2.38.